The molecule has 1 unspecified atom stereocenters. The standard InChI is InChI=1S/C25H35N7O6/c1-5-16(3)27-24(33)38-19-8-7-17(11-19)20-13-22(30-32(20)15-37-25(34)36-6-2)28-23-21-12-18(14-35-4)29-31(21)10-9-26-23/h9-10,12-13,16-17,19H,5-8,11,14-15H2,1-4H3,(H,27,33)(H,26,28,30)/t16?,17-,19+/m0/s1. The first-order chi connectivity index (χ1) is 18.4. The number of carbonyl (C=O) groups excluding carboxylic acids is 2. The van der Waals surface area contributed by atoms with E-state index in [0.717, 1.165) is 36.2 Å². The summed E-state index contributed by atoms with van der Waals surface area (Å²) in [5.41, 5.74) is 2.39. The SMILES string of the molecule is CCOC(=O)OCn1nc(Nc2nccn3nc(COC)cc23)cc1[C@H]1CC[C@@H](OC(=O)NC(C)CC)C1. The van der Waals surface area contributed by atoms with Crippen LogP contribution >= 0.6 is 0 Å². The molecule has 3 atom stereocenters. The molecule has 3 aromatic rings. The summed E-state index contributed by atoms with van der Waals surface area (Å²) < 4.78 is 24.3. The summed E-state index contributed by atoms with van der Waals surface area (Å²) in [4.78, 5) is 28.5. The van der Waals surface area contributed by atoms with Gasteiger partial charge in [0.2, 0.25) is 0 Å². The Bertz CT molecular complexity index is 1240. The molecule has 0 aliphatic heterocycles. The minimum absolute atomic E-state index is 0.0502. The second-order valence-electron chi connectivity index (χ2n) is 9.20. The Kier molecular flexibility index (Phi) is 9.00. The molecule has 2 N–H and O–H groups in total. The fourth-order valence-corrected chi connectivity index (χ4v) is 4.41. The molecule has 4 rings (SSSR count). The van der Waals surface area contributed by atoms with E-state index < -0.39 is 12.2 Å². The molecule has 13 heteroatoms. The van der Waals surface area contributed by atoms with Gasteiger partial charge in [-0.25, -0.2) is 23.8 Å². The summed E-state index contributed by atoms with van der Waals surface area (Å²) in [5.74, 6) is 1.15. The quantitative estimate of drug-likeness (QED) is 0.348. The summed E-state index contributed by atoms with van der Waals surface area (Å²) in [6.45, 7) is 6.13. The zero-order valence-electron chi connectivity index (χ0n) is 22.2. The summed E-state index contributed by atoms with van der Waals surface area (Å²) in [5, 5.41) is 15.2. The van der Waals surface area contributed by atoms with Crippen LogP contribution in [0.4, 0.5) is 21.2 Å². The number of alkyl carbamates (subject to hydrolysis) is 1. The molecule has 3 heterocycles. The Morgan fingerprint density at radius 3 is 2.79 bits per heavy atom. The van der Waals surface area contributed by atoms with E-state index in [0.29, 0.717) is 24.7 Å². The largest absolute Gasteiger partial charge is 0.510 e. The first kappa shape index (κ1) is 27.2. The topological polar surface area (TPSA) is 143 Å². The van der Waals surface area contributed by atoms with Gasteiger partial charge in [-0.15, -0.1) is 0 Å². The fourth-order valence-electron chi connectivity index (χ4n) is 4.41. The van der Waals surface area contributed by atoms with Crippen LogP contribution in [0.2, 0.25) is 0 Å². The number of fused-ring (bicyclic) bond motifs is 1. The van der Waals surface area contributed by atoms with E-state index >= 15 is 0 Å². The molecule has 206 valence electrons. The summed E-state index contributed by atoms with van der Waals surface area (Å²) in [6, 6.07) is 3.84. The normalized spacial score (nSPS) is 17.8. The first-order valence-corrected chi connectivity index (χ1v) is 12.8. The predicted octanol–water partition coefficient (Wildman–Crippen LogP) is 4.11. The highest BCUT2D eigenvalue weighted by molar-refractivity contribution is 5.72. The van der Waals surface area contributed by atoms with Crippen molar-refractivity contribution in [3.63, 3.8) is 0 Å². The first-order valence-electron chi connectivity index (χ1n) is 12.8. The molecular weight excluding hydrogens is 494 g/mol. The number of amides is 1. The van der Waals surface area contributed by atoms with Crippen molar-refractivity contribution in [2.45, 2.75) is 77.9 Å². The van der Waals surface area contributed by atoms with Crippen LogP contribution in [-0.4, -0.2) is 62.5 Å². The van der Waals surface area contributed by atoms with Crippen LogP contribution in [-0.2, 0) is 32.3 Å². The molecule has 0 bridgehead atoms. The third-order valence-electron chi connectivity index (χ3n) is 6.41. The molecule has 0 radical (unpaired) electrons. The third-order valence-corrected chi connectivity index (χ3v) is 6.41. The molecule has 1 amide bonds. The van der Waals surface area contributed by atoms with Crippen LogP contribution in [0.1, 0.15) is 63.8 Å². The zero-order valence-corrected chi connectivity index (χ0v) is 22.2. The molecule has 0 aromatic carbocycles. The lowest BCUT2D eigenvalue weighted by atomic mass is 10.0. The maximum absolute atomic E-state index is 12.2. The molecule has 1 aliphatic rings. The van der Waals surface area contributed by atoms with Gasteiger partial charge in [0, 0.05) is 43.2 Å². The Balaban J connectivity index is 1.52. The Hall–Kier alpha value is -3.87. The molecule has 1 saturated carbocycles. The number of hydrogen-bond acceptors (Lipinski definition) is 10. The summed E-state index contributed by atoms with van der Waals surface area (Å²) in [6.07, 6.45) is 5.00. The number of carbonyl (C=O) groups is 2. The second kappa shape index (κ2) is 12.6. The van der Waals surface area contributed by atoms with E-state index in [1.165, 1.54) is 0 Å². The van der Waals surface area contributed by atoms with Gasteiger partial charge >= 0.3 is 12.2 Å². The molecule has 0 saturated heterocycles. The highest BCUT2D eigenvalue weighted by Crippen LogP contribution is 2.37. The van der Waals surface area contributed by atoms with Crippen molar-refractivity contribution in [3.8, 4) is 0 Å². The molecule has 1 fully saturated rings. The van der Waals surface area contributed by atoms with Gasteiger partial charge in [-0.05, 0) is 45.6 Å². The second-order valence-corrected chi connectivity index (χ2v) is 9.20. The van der Waals surface area contributed by atoms with Crippen LogP contribution < -0.4 is 10.6 Å². The number of methoxy groups -OCH3 is 1. The van der Waals surface area contributed by atoms with Crippen molar-refractivity contribution >= 4 is 29.4 Å². The van der Waals surface area contributed by atoms with Crippen molar-refractivity contribution in [1.29, 1.82) is 0 Å². The van der Waals surface area contributed by atoms with Crippen LogP contribution in [0.3, 0.4) is 0 Å². The number of aromatic nitrogens is 5. The lowest BCUT2D eigenvalue weighted by Gasteiger charge is -2.16. The summed E-state index contributed by atoms with van der Waals surface area (Å²) >= 11 is 0. The molecule has 3 aromatic heterocycles. The van der Waals surface area contributed by atoms with E-state index in [2.05, 4.69) is 25.8 Å². The predicted molar refractivity (Wildman–Crippen MR) is 137 cm³/mol. The third kappa shape index (κ3) is 6.71. The molecule has 1 aliphatic carbocycles. The van der Waals surface area contributed by atoms with Gasteiger partial charge in [0.25, 0.3) is 0 Å². The number of anilines is 2. The van der Waals surface area contributed by atoms with Crippen LogP contribution in [0.15, 0.2) is 24.5 Å². The minimum Gasteiger partial charge on any atom is -0.446 e. The van der Waals surface area contributed by atoms with E-state index in [1.54, 1.807) is 35.6 Å². The molecule has 13 nitrogen and oxygen atoms in total. The van der Waals surface area contributed by atoms with Crippen molar-refractivity contribution in [2.24, 2.45) is 0 Å². The zero-order chi connectivity index (χ0) is 27.1. The molecular formula is C25H35N7O6. The highest BCUT2D eigenvalue weighted by Gasteiger charge is 2.32. The van der Waals surface area contributed by atoms with Gasteiger partial charge in [-0.2, -0.15) is 10.2 Å². The van der Waals surface area contributed by atoms with Gasteiger partial charge < -0.3 is 29.6 Å². The van der Waals surface area contributed by atoms with Crippen molar-refractivity contribution in [1.82, 2.24) is 29.7 Å². The lowest BCUT2D eigenvalue weighted by Crippen LogP contribution is -2.34. The van der Waals surface area contributed by atoms with E-state index in [-0.39, 0.29) is 31.4 Å². The maximum Gasteiger partial charge on any atom is 0.510 e. The fraction of sp³-hybridized carbons (Fsp3) is 0.560. The average Bonchev–Trinajstić information content (AvgIpc) is 3.61. The lowest BCUT2D eigenvalue weighted by molar-refractivity contribution is 0.0323. The van der Waals surface area contributed by atoms with Gasteiger partial charge in [0.1, 0.15) is 11.6 Å². The van der Waals surface area contributed by atoms with Crippen LogP contribution in [0.25, 0.3) is 5.52 Å². The van der Waals surface area contributed by atoms with Crippen molar-refractivity contribution in [3.05, 3.63) is 35.9 Å². The van der Waals surface area contributed by atoms with E-state index in [1.807, 2.05) is 26.0 Å². The Labute approximate surface area is 220 Å². The van der Waals surface area contributed by atoms with Gasteiger partial charge in [-0.3, -0.25) is 0 Å². The number of rotatable bonds is 11. The molecule has 0 spiro atoms. The Morgan fingerprint density at radius 1 is 1.18 bits per heavy atom. The smallest absolute Gasteiger partial charge is 0.446 e. The number of nitrogens with zero attached hydrogens (tertiary/aromatic N) is 5. The number of nitrogens with one attached hydrogen (secondary N) is 2. The average molecular weight is 530 g/mol. The van der Waals surface area contributed by atoms with E-state index in [9.17, 15) is 9.59 Å². The molecule has 38 heavy (non-hydrogen) atoms. The number of ether oxygens (including phenoxy) is 4. The maximum atomic E-state index is 12.2. The van der Waals surface area contributed by atoms with Gasteiger partial charge in [0.05, 0.1) is 18.9 Å². The Morgan fingerprint density at radius 2 is 2.03 bits per heavy atom. The van der Waals surface area contributed by atoms with Crippen LogP contribution in [0, 0.1) is 0 Å². The highest BCUT2D eigenvalue weighted by atomic mass is 16.7. The number of hydrogen-bond donors (Lipinski definition) is 2. The summed E-state index contributed by atoms with van der Waals surface area (Å²) in [7, 11) is 1.62. The van der Waals surface area contributed by atoms with E-state index in [4.69, 9.17) is 18.9 Å². The van der Waals surface area contributed by atoms with Gasteiger partial charge in [0.15, 0.2) is 18.4 Å². The van der Waals surface area contributed by atoms with Crippen molar-refractivity contribution < 1.29 is 28.5 Å². The minimum atomic E-state index is -0.769. The van der Waals surface area contributed by atoms with Crippen LogP contribution in [0.5, 0.6) is 0 Å². The monoisotopic (exact) mass is 529 g/mol. The van der Waals surface area contributed by atoms with Gasteiger partial charge in [-0.1, -0.05) is 6.92 Å². The van der Waals surface area contributed by atoms with Crippen molar-refractivity contribution in [2.75, 3.05) is 19.0 Å².